The van der Waals surface area contributed by atoms with Gasteiger partial charge in [-0.05, 0) is 36.8 Å². The minimum atomic E-state index is -0.810. The van der Waals surface area contributed by atoms with Crippen LogP contribution in [0.3, 0.4) is 0 Å². The highest BCUT2D eigenvalue weighted by Gasteiger charge is 2.21. The van der Waals surface area contributed by atoms with Gasteiger partial charge in [-0.3, -0.25) is 9.59 Å². The van der Waals surface area contributed by atoms with Crippen LogP contribution in [0.1, 0.15) is 55.6 Å². The molecule has 0 aromatic heterocycles. The van der Waals surface area contributed by atoms with Crippen molar-refractivity contribution >= 4 is 11.8 Å². The van der Waals surface area contributed by atoms with Crippen LogP contribution in [-0.4, -0.2) is 16.9 Å². The fourth-order valence-electron chi connectivity index (χ4n) is 2.51. The van der Waals surface area contributed by atoms with Gasteiger partial charge in [0.25, 0.3) is 0 Å². The molecule has 0 radical (unpaired) electrons. The molecule has 1 aromatic carbocycles. The first-order valence-corrected chi connectivity index (χ1v) is 6.42. The number of carbonyl (C=O) groups excluding carboxylic acids is 1. The van der Waals surface area contributed by atoms with Crippen LogP contribution in [0.15, 0.2) is 24.3 Å². The Morgan fingerprint density at radius 1 is 1.33 bits per heavy atom. The van der Waals surface area contributed by atoms with E-state index >= 15 is 0 Å². The zero-order valence-electron chi connectivity index (χ0n) is 10.6. The van der Waals surface area contributed by atoms with E-state index < -0.39 is 11.9 Å². The molecule has 0 bridgehead atoms. The van der Waals surface area contributed by atoms with Crippen LogP contribution in [0.2, 0.25) is 0 Å². The molecule has 2 rings (SSSR count). The average Bonchev–Trinajstić information content (AvgIpc) is 2.38. The second-order valence-corrected chi connectivity index (χ2v) is 5.06. The smallest absolute Gasteiger partial charge is 0.310 e. The number of rotatable bonds is 3. The summed E-state index contributed by atoms with van der Waals surface area (Å²) in [5, 5.41) is 8.94. The summed E-state index contributed by atoms with van der Waals surface area (Å²) in [4.78, 5) is 22.3. The fraction of sp³-hybridized carbons (Fsp3) is 0.467. The van der Waals surface area contributed by atoms with Crippen LogP contribution in [0.5, 0.6) is 0 Å². The Labute approximate surface area is 107 Å². The molecule has 96 valence electrons. The second-order valence-electron chi connectivity index (χ2n) is 5.06. The number of carboxylic acid groups (broad SMARTS) is 1. The molecule has 2 unspecified atom stereocenters. The molecule has 0 aliphatic heterocycles. The minimum absolute atomic E-state index is 0.320. The van der Waals surface area contributed by atoms with Crippen LogP contribution in [0.25, 0.3) is 0 Å². The molecule has 0 saturated heterocycles. The lowest BCUT2D eigenvalue weighted by Crippen LogP contribution is -2.13. The van der Waals surface area contributed by atoms with Gasteiger partial charge in [0.1, 0.15) is 5.78 Å². The van der Waals surface area contributed by atoms with Gasteiger partial charge in [-0.1, -0.05) is 24.3 Å². The molecule has 18 heavy (non-hydrogen) atoms. The molecule has 1 aromatic rings. The maximum atomic E-state index is 11.4. The number of hydrogen-bond donors (Lipinski definition) is 1. The molecule has 2 atom stereocenters. The Balaban J connectivity index is 2.12. The predicted molar refractivity (Wildman–Crippen MR) is 68.7 cm³/mol. The molecule has 1 aliphatic rings. The molecule has 1 fully saturated rings. The van der Waals surface area contributed by atoms with E-state index in [-0.39, 0.29) is 0 Å². The van der Waals surface area contributed by atoms with Gasteiger partial charge in [-0.2, -0.15) is 0 Å². The normalized spacial score (nSPS) is 21.6. The van der Waals surface area contributed by atoms with E-state index in [4.69, 9.17) is 5.11 Å². The lowest BCUT2D eigenvalue weighted by Gasteiger charge is -2.21. The quantitative estimate of drug-likeness (QED) is 0.891. The first-order valence-electron chi connectivity index (χ1n) is 6.42. The van der Waals surface area contributed by atoms with Crippen molar-refractivity contribution in [2.75, 3.05) is 0 Å². The highest BCUT2D eigenvalue weighted by atomic mass is 16.4. The lowest BCUT2D eigenvalue weighted by atomic mass is 9.83. The van der Waals surface area contributed by atoms with Crippen molar-refractivity contribution in [3.63, 3.8) is 0 Å². The SMILES string of the molecule is CC(C(=O)O)c1ccc(C2CCCC(=O)C2)cc1. The van der Waals surface area contributed by atoms with Gasteiger partial charge < -0.3 is 5.11 Å². The summed E-state index contributed by atoms with van der Waals surface area (Å²) in [6.07, 6.45) is 3.37. The zero-order chi connectivity index (χ0) is 13.1. The first-order chi connectivity index (χ1) is 8.58. The molecule has 3 nitrogen and oxygen atoms in total. The third kappa shape index (κ3) is 2.78. The Kier molecular flexibility index (Phi) is 3.80. The summed E-state index contributed by atoms with van der Waals surface area (Å²) in [7, 11) is 0. The minimum Gasteiger partial charge on any atom is -0.481 e. The van der Waals surface area contributed by atoms with Crippen LogP contribution < -0.4 is 0 Å². The number of Topliss-reactive ketones (excluding diaryl/α,β-unsaturated/α-hetero) is 1. The summed E-state index contributed by atoms with van der Waals surface area (Å²) >= 11 is 0. The van der Waals surface area contributed by atoms with Gasteiger partial charge in [0, 0.05) is 12.8 Å². The molecular weight excluding hydrogens is 228 g/mol. The van der Waals surface area contributed by atoms with Crippen molar-refractivity contribution in [3.05, 3.63) is 35.4 Å². The van der Waals surface area contributed by atoms with E-state index in [2.05, 4.69) is 0 Å². The maximum Gasteiger partial charge on any atom is 0.310 e. The van der Waals surface area contributed by atoms with Crippen molar-refractivity contribution in [1.29, 1.82) is 0 Å². The number of ketones is 1. The van der Waals surface area contributed by atoms with Crippen LogP contribution >= 0.6 is 0 Å². The summed E-state index contributed by atoms with van der Waals surface area (Å²) in [6.45, 7) is 1.68. The molecular formula is C15H18O3. The highest BCUT2D eigenvalue weighted by Crippen LogP contribution is 2.31. The van der Waals surface area contributed by atoms with E-state index in [1.807, 2.05) is 24.3 Å². The third-order valence-electron chi connectivity index (χ3n) is 3.76. The van der Waals surface area contributed by atoms with Crippen molar-refractivity contribution in [2.45, 2.75) is 44.4 Å². The van der Waals surface area contributed by atoms with Crippen LogP contribution in [0, 0.1) is 0 Å². The van der Waals surface area contributed by atoms with Crippen molar-refractivity contribution in [2.24, 2.45) is 0 Å². The summed E-state index contributed by atoms with van der Waals surface area (Å²) in [5.41, 5.74) is 1.97. The fourth-order valence-corrected chi connectivity index (χ4v) is 2.51. The number of carbonyl (C=O) groups is 2. The number of benzene rings is 1. The van der Waals surface area contributed by atoms with Gasteiger partial charge in [-0.15, -0.1) is 0 Å². The number of carboxylic acids is 1. The molecule has 1 aliphatic carbocycles. The standard InChI is InChI=1S/C15H18O3/c1-10(15(17)18)11-5-7-12(8-6-11)13-3-2-4-14(16)9-13/h5-8,10,13H,2-4,9H2,1H3,(H,17,18). The molecule has 3 heteroatoms. The number of aliphatic carboxylic acids is 1. The zero-order valence-corrected chi connectivity index (χ0v) is 10.6. The average molecular weight is 246 g/mol. The van der Waals surface area contributed by atoms with Gasteiger partial charge in [-0.25, -0.2) is 0 Å². The molecule has 1 N–H and O–H groups in total. The van der Waals surface area contributed by atoms with Crippen molar-refractivity contribution < 1.29 is 14.7 Å². The van der Waals surface area contributed by atoms with Gasteiger partial charge in [0.15, 0.2) is 0 Å². The maximum absolute atomic E-state index is 11.4. The van der Waals surface area contributed by atoms with Gasteiger partial charge >= 0.3 is 5.97 Å². The molecule has 0 spiro atoms. The molecule has 0 amide bonds. The van der Waals surface area contributed by atoms with Crippen LogP contribution in [-0.2, 0) is 9.59 Å². The van der Waals surface area contributed by atoms with E-state index in [0.29, 0.717) is 24.5 Å². The van der Waals surface area contributed by atoms with E-state index in [9.17, 15) is 9.59 Å². The second kappa shape index (κ2) is 5.34. The highest BCUT2D eigenvalue weighted by molar-refractivity contribution is 5.80. The molecule has 0 heterocycles. The summed E-state index contributed by atoms with van der Waals surface area (Å²) < 4.78 is 0. The lowest BCUT2D eigenvalue weighted by molar-refractivity contribution is -0.138. The largest absolute Gasteiger partial charge is 0.481 e. The summed E-state index contributed by atoms with van der Waals surface area (Å²) in [5.74, 6) is -0.628. The third-order valence-corrected chi connectivity index (χ3v) is 3.76. The summed E-state index contributed by atoms with van der Waals surface area (Å²) in [6, 6.07) is 7.68. The van der Waals surface area contributed by atoms with Crippen molar-refractivity contribution in [1.82, 2.24) is 0 Å². The monoisotopic (exact) mass is 246 g/mol. The topological polar surface area (TPSA) is 54.4 Å². The first kappa shape index (κ1) is 12.8. The van der Waals surface area contributed by atoms with Crippen molar-refractivity contribution in [3.8, 4) is 0 Å². The Hall–Kier alpha value is -1.64. The Bertz CT molecular complexity index is 447. The number of hydrogen-bond acceptors (Lipinski definition) is 2. The van der Waals surface area contributed by atoms with E-state index in [1.54, 1.807) is 6.92 Å². The predicted octanol–water partition coefficient (Wildman–Crippen LogP) is 3.10. The molecule has 1 saturated carbocycles. The van der Waals surface area contributed by atoms with Gasteiger partial charge in [0.05, 0.1) is 5.92 Å². The van der Waals surface area contributed by atoms with Gasteiger partial charge in [0.2, 0.25) is 0 Å². The van der Waals surface area contributed by atoms with E-state index in [0.717, 1.165) is 24.0 Å². The van der Waals surface area contributed by atoms with Crippen LogP contribution in [0.4, 0.5) is 0 Å². The Morgan fingerprint density at radius 3 is 2.56 bits per heavy atom. The van der Waals surface area contributed by atoms with E-state index in [1.165, 1.54) is 0 Å². The Morgan fingerprint density at radius 2 is 2.00 bits per heavy atom.